The monoisotopic (exact) mass is 191 g/mol. The fraction of sp³-hybridized carbons (Fsp3) is 0.250. The topological polar surface area (TPSA) is 29.5 Å². The molecule has 1 aromatic carbocycles. The third-order valence-electron chi connectivity index (χ3n) is 2.19. The zero-order valence-electron chi connectivity index (χ0n) is 8.58. The first-order valence-corrected chi connectivity index (χ1v) is 4.47. The third kappa shape index (κ3) is 1.96. The molecule has 0 saturated heterocycles. The van der Waals surface area contributed by atoms with Gasteiger partial charge in [0.15, 0.2) is 0 Å². The summed E-state index contributed by atoms with van der Waals surface area (Å²) in [6.07, 6.45) is 1.74. The van der Waals surface area contributed by atoms with E-state index in [2.05, 4.69) is 6.58 Å². The van der Waals surface area contributed by atoms with Gasteiger partial charge in [-0.1, -0.05) is 31.7 Å². The van der Waals surface area contributed by atoms with E-state index in [0.29, 0.717) is 0 Å². The normalized spacial score (nSPS) is 10.3. The molecular weight excluding hydrogens is 176 g/mol. The molecule has 14 heavy (non-hydrogen) atoms. The Kier molecular flexibility index (Phi) is 3.72. The molecule has 0 atom stereocenters. The Bertz CT molecular complexity index is 318. The van der Waals surface area contributed by atoms with Gasteiger partial charge < -0.3 is 9.84 Å². The second-order valence-electron chi connectivity index (χ2n) is 3.06. The highest BCUT2D eigenvalue weighted by Crippen LogP contribution is 2.27. The molecule has 2 nitrogen and oxygen atoms in total. The van der Waals surface area contributed by atoms with Crippen molar-refractivity contribution in [2.75, 3.05) is 13.7 Å². The number of hydrogen-bond acceptors (Lipinski definition) is 2. The summed E-state index contributed by atoms with van der Waals surface area (Å²) in [6, 6.07) is 5.73. The van der Waals surface area contributed by atoms with Gasteiger partial charge in [0, 0.05) is 11.5 Å². The van der Waals surface area contributed by atoms with Gasteiger partial charge in [-0.25, -0.2) is 0 Å². The van der Waals surface area contributed by atoms with Crippen LogP contribution in [0, 0.1) is 5.92 Å². The molecule has 1 aromatic rings. The van der Waals surface area contributed by atoms with Crippen molar-refractivity contribution in [3.05, 3.63) is 41.8 Å². The van der Waals surface area contributed by atoms with Crippen LogP contribution >= 0.6 is 0 Å². The number of benzene rings is 1. The smallest absolute Gasteiger partial charge is 0.126 e. The van der Waals surface area contributed by atoms with E-state index < -0.39 is 0 Å². The maximum Gasteiger partial charge on any atom is 0.126 e. The third-order valence-corrected chi connectivity index (χ3v) is 2.19. The highest BCUT2D eigenvalue weighted by atomic mass is 16.5. The minimum atomic E-state index is 0.0496. The highest BCUT2D eigenvalue weighted by molar-refractivity contribution is 5.63. The Labute approximate surface area is 84.8 Å². The van der Waals surface area contributed by atoms with Gasteiger partial charge in [0.25, 0.3) is 0 Å². The highest BCUT2D eigenvalue weighted by Gasteiger charge is 2.11. The van der Waals surface area contributed by atoms with E-state index in [0.717, 1.165) is 22.8 Å². The van der Waals surface area contributed by atoms with Crippen LogP contribution < -0.4 is 4.74 Å². The molecule has 1 rings (SSSR count). The lowest BCUT2D eigenvalue weighted by molar-refractivity contribution is 0.314. The van der Waals surface area contributed by atoms with Crippen LogP contribution in [-0.2, 0) is 0 Å². The molecule has 75 valence electrons. The van der Waals surface area contributed by atoms with E-state index in [4.69, 9.17) is 9.84 Å². The lowest BCUT2D eigenvalue weighted by Crippen LogP contribution is -2.03. The summed E-state index contributed by atoms with van der Waals surface area (Å²) in [4.78, 5) is 0. The molecule has 0 aliphatic carbocycles. The summed E-state index contributed by atoms with van der Waals surface area (Å²) in [5.74, 6) is 1.70. The summed E-state index contributed by atoms with van der Waals surface area (Å²) in [5.41, 5.74) is 1.92. The molecule has 0 fully saturated rings. The Balaban J connectivity index is 3.21. The first-order valence-electron chi connectivity index (χ1n) is 4.47. The average Bonchev–Trinajstić information content (AvgIpc) is 2.26. The molecule has 0 amide bonds. The summed E-state index contributed by atoms with van der Waals surface area (Å²) in [7, 11) is 1.63. The molecule has 1 N–H and O–H groups in total. The van der Waals surface area contributed by atoms with Crippen molar-refractivity contribution < 1.29 is 9.84 Å². The number of methoxy groups -OCH3 is 1. The van der Waals surface area contributed by atoms with Gasteiger partial charge in [0.05, 0.1) is 13.7 Å². The quantitative estimate of drug-likeness (QED) is 0.791. The SMILES string of the molecule is C=Cc1c(OC)cccc1[C](C)CO. The molecule has 0 aliphatic rings. The first kappa shape index (κ1) is 10.8. The predicted octanol–water partition coefficient (Wildman–Crippen LogP) is 2.27. The van der Waals surface area contributed by atoms with E-state index in [9.17, 15) is 0 Å². The van der Waals surface area contributed by atoms with Crippen molar-refractivity contribution in [2.45, 2.75) is 6.92 Å². The summed E-state index contributed by atoms with van der Waals surface area (Å²) in [5, 5.41) is 9.06. The molecule has 0 aliphatic heterocycles. The number of aliphatic hydroxyl groups is 1. The average molecular weight is 191 g/mol. The van der Waals surface area contributed by atoms with Crippen LogP contribution in [0.2, 0.25) is 0 Å². The number of aliphatic hydroxyl groups excluding tert-OH is 1. The van der Waals surface area contributed by atoms with E-state index in [1.54, 1.807) is 13.2 Å². The van der Waals surface area contributed by atoms with Crippen LogP contribution in [0.5, 0.6) is 5.75 Å². The van der Waals surface area contributed by atoms with Crippen LogP contribution in [0.15, 0.2) is 24.8 Å². The fourth-order valence-electron chi connectivity index (χ4n) is 1.39. The maximum absolute atomic E-state index is 9.06. The number of rotatable bonds is 4. The van der Waals surface area contributed by atoms with Gasteiger partial charge in [0.1, 0.15) is 5.75 Å². The fourth-order valence-corrected chi connectivity index (χ4v) is 1.39. The van der Waals surface area contributed by atoms with Gasteiger partial charge in [-0.2, -0.15) is 0 Å². The molecule has 0 heterocycles. The van der Waals surface area contributed by atoms with Crippen LogP contribution in [0.4, 0.5) is 0 Å². The second-order valence-corrected chi connectivity index (χ2v) is 3.06. The van der Waals surface area contributed by atoms with Crippen molar-refractivity contribution >= 4 is 6.08 Å². The molecule has 0 spiro atoms. The Hall–Kier alpha value is -1.28. The lowest BCUT2D eigenvalue weighted by Gasteiger charge is -2.14. The van der Waals surface area contributed by atoms with E-state index in [1.165, 1.54) is 0 Å². The minimum absolute atomic E-state index is 0.0496. The standard InChI is InChI=1S/C12H15O2/c1-4-10-11(9(2)8-13)6-5-7-12(10)14-3/h4-7,13H,1,8H2,2-3H3. The van der Waals surface area contributed by atoms with Gasteiger partial charge in [-0.3, -0.25) is 0 Å². The largest absolute Gasteiger partial charge is 0.496 e. The Morgan fingerprint density at radius 3 is 2.79 bits per heavy atom. The van der Waals surface area contributed by atoms with Gasteiger partial charge in [0.2, 0.25) is 0 Å². The van der Waals surface area contributed by atoms with Gasteiger partial charge >= 0.3 is 0 Å². The Morgan fingerprint density at radius 2 is 2.29 bits per heavy atom. The summed E-state index contributed by atoms with van der Waals surface area (Å²) < 4.78 is 5.21. The lowest BCUT2D eigenvalue weighted by atomic mass is 9.95. The minimum Gasteiger partial charge on any atom is -0.496 e. The molecule has 0 bridgehead atoms. The van der Waals surface area contributed by atoms with Crippen LogP contribution in [-0.4, -0.2) is 18.8 Å². The van der Waals surface area contributed by atoms with E-state index in [1.807, 2.05) is 25.1 Å². The predicted molar refractivity (Wildman–Crippen MR) is 58.2 cm³/mol. The van der Waals surface area contributed by atoms with Crippen LogP contribution in [0.25, 0.3) is 6.08 Å². The molecule has 1 radical (unpaired) electrons. The van der Waals surface area contributed by atoms with Crippen molar-refractivity contribution in [2.24, 2.45) is 0 Å². The summed E-state index contributed by atoms with van der Waals surface area (Å²) >= 11 is 0. The molecular formula is C12H15O2. The van der Waals surface area contributed by atoms with Gasteiger partial charge in [-0.05, 0) is 11.6 Å². The van der Waals surface area contributed by atoms with Crippen LogP contribution in [0.1, 0.15) is 18.1 Å². The zero-order chi connectivity index (χ0) is 10.6. The van der Waals surface area contributed by atoms with Gasteiger partial charge in [-0.15, -0.1) is 0 Å². The Morgan fingerprint density at radius 1 is 1.57 bits per heavy atom. The zero-order valence-corrected chi connectivity index (χ0v) is 8.58. The van der Waals surface area contributed by atoms with E-state index in [-0.39, 0.29) is 6.61 Å². The van der Waals surface area contributed by atoms with Crippen molar-refractivity contribution in [1.29, 1.82) is 0 Å². The van der Waals surface area contributed by atoms with Crippen molar-refractivity contribution in [3.8, 4) is 5.75 Å². The number of hydrogen-bond donors (Lipinski definition) is 1. The molecule has 0 unspecified atom stereocenters. The van der Waals surface area contributed by atoms with Crippen molar-refractivity contribution in [1.82, 2.24) is 0 Å². The van der Waals surface area contributed by atoms with Crippen LogP contribution in [0.3, 0.4) is 0 Å². The molecule has 0 saturated carbocycles. The second kappa shape index (κ2) is 4.82. The van der Waals surface area contributed by atoms with Crippen molar-refractivity contribution in [3.63, 3.8) is 0 Å². The van der Waals surface area contributed by atoms with E-state index >= 15 is 0 Å². The first-order chi connectivity index (χ1) is 6.74. The number of ether oxygens (including phenoxy) is 1. The summed E-state index contributed by atoms with van der Waals surface area (Å²) in [6.45, 7) is 5.68. The molecule has 0 aromatic heterocycles. The molecule has 2 heteroatoms. The maximum atomic E-state index is 9.06.